The second-order valence-electron chi connectivity index (χ2n) is 8.84. The van der Waals surface area contributed by atoms with Gasteiger partial charge in [0.2, 0.25) is 10.0 Å². The Kier molecular flexibility index (Phi) is 7.06. The number of primary amides is 1. The molecule has 0 saturated carbocycles. The monoisotopic (exact) mass is 548 g/mol. The first-order valence-electron chi connectivity index (χ1n) is 11.5. The number of nitrogens with two attached hydrogens (primary N) is 1. The van der Waals surface area contributed by atoms with Crippen LogP contribution in [0.15, 0.2) is 59.6 Å². The summed E-state index contributed by atoms with van der Waals surface area (Å²) < 4.78 is 81.8. The number of fused-ring (bicyclic) bond motifs is 1. The Morgan fingerprint density at radius 2 is 1.87 bits per heavy atom. The molecule has 38 heavy (non-hydrogen) atoms. The molecule has 4 aromatic rings. The van der Waals surface area contributed by atoms with Crippen molar-refractivity contribution in [2.75, 3.05) is 0 Å². The Balaban J connectivity index is 1.97. The zero-order chi connectivity index (χ0) is 28.0. The molecule has 0 aliphatic heterocycles. The lowest BCUT2D eigenvalue weighted by atomic mass is 10.0. The summed E-state index contributed by atoms with van der Waals surface area (Å²) in [5, 5.41) is 0.239. The van der Waals surface area contributed by atoms with E-state index < -0.39 is 38.9 Å². The third-order valence-corrected chi connectivity index (χ3v) is 7.66. The summed E-state index contributed by atoms with van der Waals surface area (Å²) in [6, 6.07) is 10.1. The van der Waals surface area contributed by atoms with Crippen LogP contribution in [0.2, 0.25) is 0 Å². The van der Waals surface area contributed by atoms with Gasteiger partial charge in [-0.2, -0.15) is 17.9 Å². The van der Waals surface area contributed by atoms with E-state index in [2.05, 4.69) is 4.98 Å². The minimum absolute atomic E-state index is 0.0324. The van der Waals surface area contributed by atoms with Crippen molar-refractivity contribution in [1.82, 2.24) is 14.3 Å². The fourth-order valence-electron chi connectivity index (χ4n) is 4.20. The summed E-state index contributed by atoms with van der Waals surface area (Å²) in [4.78, 5) is 16.3. The normalized spacial score (nSPS) is 13.1. The number of carbonyl (C=O) groups is 1. The molecule has 0 aliphatic carbocycles. The summed E-state index contributed by atoms with van der Waals surface area (Å²) >= 11 is 0. The van der Waals surface area contributed by atoms with Gasteiger partial charge in [-0.1, -0.05) is 19.1 Å². The van der Waals surface area contributed by atoms with Crippen molar-refractivity contribution < 1.29 is 30.8 Å². The highest BCUT2D eigenvalue weighted by molar-refractivity contribution is 7.89. The topological polar surface area (TPSA) is 107 Å². The zero-order valence-corrected chi connectivity index (χ0v) is 21.4. The number of carbonyl (C=O) groups excluding carboxylic acids is 1. The van der Waals surface area contributed by atoms with Crippen LogP contribution >= 0.6 is 0 Å². The average molecular weight is 549 g/mol. The van der Waals surface area contributed by atoms with Crippen molar-refractivity contribution in [3.05, 3.63) is 77.2 Å². The van der Waals surface area contributed by atoms with Crippen molar-refractivity contribution >= 4 is 26.8 Å². The standard InChI is InChI=1S/C26H24F4N4O3S/c1-4-16-11-22-19(12-20(16)27)23(25(31)35)24(34(22)17-7-5-6-14(2)10-17)21-9-8-18(13-32-21)38(36,37)33-15(3)26(28,29)30/h5-13,15,33H,4H2,1-3H3,(H2,31,35)/t15-/m0/s1. The first-order chi connectivity index (χ1) is 17.7. The minimum Gasteiger partial charge on any atom is -0.366 e. The molecule has 0 radical (unpaired) electrons. The molecule has 0 unspecified atom stereocenters. The molecule has 0 spiro atoms. The third kappa shape index (κ3) is 5.01. The molecule has 3 N–H and O–H groups in total. The SMILES string of the molecule is CCc1cc2c(cc1F)c(C(N)=O)c(-c1ccc(S(=O)(=O)N[C@@H](C)C(F)(F)F)cn1)n2-c1cccc(C)c1. The number of rotatable bonds is 7. The van der Waals surface area contributed by atoms with Crippen LogP contribution in [0.3, 0.4) is 0 Å². The van der Waals surface area contributed by atoms with Crippen molar-refractivity contribution in [3.8, 4) is 17.1 Å². The molecular weight excluding hydrogens is 524 g/mol. The Labute approximate surface area is 216 Å². The largest absolute Gasteiger partial charge is 0.404 e. The van der Waals surface area contributed by atoms with Gasteiger partial charge in [0.05, 0.1) is 22.5 Å². The number of hydrogen-bond donors (Lipinski definition) is 2. The van der Waals surface area contributed by atoms with Crippen LogP contribution in [-0.2, 0) is 16.4 Å². The molecule has 0 fully saturated rings. The van der Waals surface area contributed by atoms with Gasteiger partial charge >= 0.3 is 6.18 Å². The summed E-state index contributed by atoms with van der Waals surface area (Å²) in [5.74, 6) is -1.38. The molecule has 7 nitrogen and oxygen atoms in total. The Bertz CT molecular complexity index is 1650. The van der Waals surface area contributed by atoms with E-state index >= 15 is 0 Å². The highest BCUT2D eigenvalue weighted by Gasteiger charge is 2.39. The molecule has 4 rings (SSSR count). The van der Waals surface area contributed by atoms with E-state index in [1.165, 1.54) is 12.1 Å². The Morgan fingerprint density at radius 1 is 1.16 bits per heavy atom. The number of aromatic nitrogens is 2. The summed E-state index contributed by atoms with van der Waals surface area (Å²) in [6.45, 7) is 4.34. The quantitative estimate of drug-likeness (QED) is 0.316. The lowest BCUT2D eigenvalue weighted by molar-refractivity contribution is -0.147. The number of sulfonamides is 1. The number of halogens is 4. The van der Waals surface area contributed by atoms with Crippen molar-refractivity contribution in [3.63, 3.8) is 0 Å². The fourth-order valence-corrected chi connectivity index (χ4v) is 5.37. The van der Waals surface area contributed by atoms with Crippen molar-refractivity contribution in [2.45, 2.75) is 44.3 Å². The smallest absolute Gasteiger partial charge is 0.366 e. The number of pyridine rings is 1. The first kappa shape index (κ1) is 27.3. The number of aryl methyl sites for hydroxylation is 2. The van der Waals surface area contributed by atoms with Gasteiger partial charge in [0.15, 0.2) is 0 Å². The maximum Gasteiger partial charge on any atom is 0.404 e. The van der Waals surface area contributed by atoms with E-state index in [9.17, 15) is 30.8 Å². The number of alkyl halides is 3. The van der Waals surface area contributed by atoms with Crippen LogP contribution in [0.5, 0.6) is 0 Å². The molecule has 0 saturated heterocycles. The summed E-state index contributed by atoms with van der Waals surface area (Å²) in [5.41, 5.74) is 8.41. The lowest BCUT2D eigenvalue weighted by Crippen LogP contribution is -2.42. The number of hydrogen-bond acceptors (Lipinski definition) is 4. The van der Waals surface area contributed by atoms with Crippen LogP contribution in [0.1, 0.15) is 35.3 Å². The zero-order valence-electron chi connectivity index (χ0n) is 20.6. The van der Waals surface area contributed by atoms with Gasteiger partial charge < -0.3 is 10.3 Å². The summed E-state index contributed by atoms with van der Waals surface area (Å²) in [6.07, 6.45) is -3.50. The second kappa shape index (κ2) is 9.84. The second-order valence-corrected chi connectivity index (χ2v) is 10.6. The number of nitrogens with zero attached hydrogens (tertiary/aromatic N) is 2. The molecule has 0 aliphatic rings. The molecule has 1 atom stereocenters. The molecular formula is C26H24F4N4O3S. The predicted molar refractivity (Wildman–Crippen MR) is 135 cm³/mol. The fraction of sp³-hybridized carbons (Fsp3) is 0.231. The molecule has 2 aromatic carbocycles. The van der Waals surface area contributed by atoms with Crippen LogP contribution in [0.25, 0.3) is 28.0 Å². The third-order valence-electron chi connectivity index (χ3n) is 6.13. The minimum atomic E-state index is -4.78. The molecule has 200 valence electrons. The van der Waals surface area contributed by atoms with Crippen LogP contribution in [-0.4, -0.2) is 36.1 Å². The number of nitrogens with one attached hydrogen (secondary N) is 1. The van der Waals surface area contributed by atoms with Crippen molar-refractivity contribution in [2.24, 2.45) is 5.73 Å². The van der Waals surface area contributed by atoms with Crippen LogP contribution in [0.4, 0.5) is 17.6 Å². The van der Waals surface area contributed by atoms with Gasteiger partial charge in [0.1, 0.15) is 16.8 Å². The number of benzene rings is 2. The van der Waals surface area contributed by atoms with Gasteiger partial charge in [-0.3, -0.25) is 9.78 Å². The Morgan fingerprint density at radius 3 is 2.42 bits per heavy atom. The average Bonchev–Trinajstić information content (AvgIpc) is 3.16. The highest BCUT2D eigenvalue weighted by atomic mass is 32.2. The first-order valence-corrected chi connectivity index (χ1v) is 13.0. The predicted octanol–water partition coefficient (Wildman–Crippen LogP) is 5.03. The molecule has 2 aromatic heterocycles. The maximum absolute atomic E-state index is 14.8. The van der Waals surface area contributed by atoms with Gasteiger partial charge in [-0.25, -0.2) is 12.8 Å². The van der Waals surface area contributed by atoms with E-state index in [1.54, 1.807) is 34.4 Å². The van der Waals surface area contributed by atoms with Crippen molar-refractivity contribution in [1.29, 1.82) is 0 Å². The summed E-state index contributed by atoms with van der Waals surface area (Å²) in [7, 11) is -4.56. The maximum atomic E-state index is 14.8. The van der Waals surface area contributed by atoms with E-state index in [1.807, 2.05) is 19.1 Å². The molecule has 12 heteroatoms. The molecule has 2 heterocycles. The van der Waals surface area contributed by atoms with Crippen LogP contribution in [0, 0.1) is 12.7 Å². The van der Waals surface area contributed by atoms with E-state index in [4.69, 9.17) is 5.73 Å². The van der Waals surface area contributed by atoms with Gasteiger partial charge in [-0.15, -0.1) is 0 Å². The number of amides is 1. The molecule has 0 bridgehead atoms. The van der Waals surface area contributed by atoms with E-state index in [0.29, 0.717) is 30.1 Å². The van der Waals surface area contributed by atoms with E-state index in [0.717, 1.165) is 17.8 Å². The van der Waals surface area contributed by atoms with E-state index in [-0.39, 0.29) is 22.3 Å². The van der Waals surface area contributed by atoms with Gasteiger partial charge in [-0.05, 0) is 67.8 Å². The Hall–Kier alpha value is -3.77. The highest BCUT2D eigenvalue weighted by Crippen LogP contribution is 2.37. The van der Waals surface area contributed by atoms with Gasteiger partial charge in [0, 0.05) is 17.3 Å². The van der Waals surface area contributed by atoms with Crippen LogP contribution < -0.4 is 10.5 Å². The van der Waals surface area contributed by atoms with Gasteiger partial charge in [0.25, 0.3) is 5.91 Å². The lowest BCUT2D eigenvalue weighted by Gasteiger charge is -2.17. The molecule has 1 amide bonds.